The first-order valence-corrected chi connectivity index (χ1v) is 19.2. The molecule has 0 bridgehead atoms. The zero-order valence-corrected chi connectivity index (χ0v) is 30.4. The summed E-state index contributed by atoms with van der Waals surface area (Å²) in [7, 11) is 0. The molecule has 1 saturated heterocycles. The molecule has 51 heavy (non-hydrogen) atoms. The number of rotatable bonds is 15. The average Bonchev–Trinajstić information content (AvgIpc) is 3.93. The van der Waals surface area contributed by atoms with Crippen LogP contribution in [-0.2, 0) is 36.8 Å². The van der Waals surface area contributed by atoms with E-state index in [1.54, 1.807) is 4.90 Å². The summed E-state index contributed by atoms with van der Waals surface area (Å²) < 4.78 is 0. The highest BCUT2D eigenvalue weighted by molar-refractivity contribution is 6.38. The highest BCUT2D eigenvalue weighted by atomic mass is 16.2. The Morgan fingerprint density at radius 3 is 2.16 bits per heavy atom. The summed E-state index contributed by atoms with van der Waals surface area (Å²) in [5.41, 5.74) is 2.06. The van der Waals surface area contributed by atoms with Crippen LogP contribution in [-0.4, -0.2) is 77.5 Å². The Morgan fingerprint density at radius 2 is 1.55 bits per heavy atom. The number of piperidine rings is 1. The first-order chi connectivity index (χ1) is 24.5. The van der Waals surface area contributed by atoms with Gasteiger partial charge in [-0.2, -0.15) is 0 Å². The fraction of sp³-hybridized carbons (Fsp3) is 0.650. The predicted octanol–water partition coefficient (Wildman–Crippen LogP) is 3.64. The number of ketones is 2. The molecule has 276 valence electrons. The van der Waals surface area contributed by atoms with Crippen LogP contribution in [0.3, 0.4) is 0 Å². The monoisotopic (exact) mass is 701 g/mol. The molecule has 11 heteroatoms. The van der Waals surface area contributed by atoms with Crippen LogP contribution in [0.2, 0.25) is 0 Å². The number of nitrogens with one attached hydrogen (secondary N) is 4. The van der Waals surface area contributed by atoms with E-state index in [2.05, 4.69) is 41.7 Å². The molecule has 1 aromatic rings. The van der Waals surface area contributed by atoms with Crippen molar-refractivity contribution in [3.8, 4) is 0 Å². The van der Waals surface area contributed by atoms with Crippen molar-refractivity contribution in [2.75, 3.05) is 13.1 Å². The lowest BCUT2D eigenvalue weighted by atomic mass is 9.81. The maximum atomic E-state index is 14.8. The number of hydrogen-bond donors (Lipinski definition) is 4. The molecule has 1 heterocycles. The van der Waals surface area contributed by atoms with Crippen molar-refractivity contribution in [3.05, 3.63) is 48.0 Å². The van der Waals surface area contributed by atoms with Gasteiger partial charge in [0.2, 0.25) is 17.6 Å². The van der Waals surface area contributed by atoms with E-state index in [9.17, 15) is 28.8 Å². The van der Waals surface area contributed by atoms with Gasteiger partial charge in [0.25, 0.3) is 5.91 Å². The smallest absolute Gasteiger partial charge is 0.316 e. The minimum Gasteiger partial charge on any atom is -0.346 e. The van der Waals surface area contributed by atoms with Gasteiger partial charge in [-0.05, 0) is 85.2 Å². The van der Waals surface area contributed by atoms with Gasteiger partial charge in [0.15, 0.2) is 5.78 Å². The zero-order valence-electron chi connectivity index (χ0n) is 30.4. The highest BCUT2D eigenvalue weighted by Gasteiger charge is 2.70. The van der Waals surface area contributed by atoms with Gasteiger partial charge in [-0.25, -0.2) is 4.79 Å². The predicted molar refractivity (Wildman–Crippen MR) is 192 cm³/mol. The Kier molecular flexibility index (Phi) is 11.0. The third-order valence-electron chi connectivity index (χ3n) is 12.4. The van der Waals surface area contributed by atoms with Crippen molar-refractivity contribution in [3.63, 3.8) is 0 Å². The molecule has 5 amide bonds. The molecule has 0 spiro atoms. The fourth-order valence-electron chi connectivity index (χ4n) is 9.26. The summed E-state index contributed by atoms with van der Waals surface area (Å²) in [6.07, 6.45) is 10.2. The first kappa shape index (κ1) is 36.8. The molecule has 5 aliphatic rings. The van der Waals surface area contributed by atoms with Crippen LogP contribution in [0.1, 0.15) is 89.7 Å². The SMILES string of the molecule is C=CCNC(=O)C(=O)C(CCC)NC(=O)[C@@H]1[C@@H]2[C@H](CN1C(=O)[C@@H](NC(=O)N[C@H](C(=O)C1CC1)C1CCCCC1)C1Cc3ccccc3C1)C2(C)C. The molecule has 3 saturated carbocycles. The molecule has 4 fully saturated rings. The molecule has 1 aliphatic heterocycles. The topological polar surface area (TPSA) is 154 Å². The molecular formula is C40H55N5O6. The summed E-state index contributed by atoms with van der Waals surface area (Å²) in [4.78, 5) is 83.7. The number of Topliss-reactive ketones (excluding diaryl/α,β-unsaturated/α-hetero) is 2. The Morgan fingerprint density at radius 1 is 0.902 bits per heavy atom. The average molecular weight is 702 g/mol. The Balaban J connectivity index is 1.23. The lowest BCUT2D eigenvalue weighted by Gasteiger charge is -2.36. The zero-order chi connectivity index (χ0) is 36.4. The van der Waals surface area contributed by atoms with Crippen molar-refractivity contribution >= 4 is 35.3 Å². The van der Waals surface area contributed by atoms with Gasteiger partial charge in [-0.1, -0.05) is 76.8 Å². The fourth-order valence-corrected chi connectivity index (χ4v) is 9.26. The van der Waals surface area contributed by atoms with E-state index in [0.717, 1.165) is 56.1 Å². The number of likely N-dealkylation sites (tertiary alicyclic amines) is 1. The van der Waals surface area contributed by atoms with Gasteiger partial charge in [0, 0.05) is 19.0 Å². The van der Waals surface area contributed by atoms with Gasteiger partial charge >= 0.3 is 6.03 Å². The van der Waals surface area contributed by atoms with Crippen molar-refractivity contribution in [2.45, 2.75) is 116 Å². The lowest BCUT2D eigenvalue weighted by molar-refractivity contribution is -0.144. The first-order valence-electron chi connectivity index (χ1n) is 19.2. The van der Waals surface area contributed by atoms with Crippen LogP contribution in [0, 0.1) is 35.0 Å². The molecule has 6 atom stereocenters. The van der Waals surface area contributed by atoms with Crippen molar-refractivity contribution in [1.82, 2.24) is 26.2 Å². The minimum atomic E-state index is -1.03. The largest absolute Gasteiger partial charge is 0.346 e. The summed E-state index contributed by atoms with van der Waals surface area (Å²) in [5, 5.41) is 11.4. The maximum absolute atomic E-state index is 14.8. The molecular weight excluding hydrogens is 646 g/mol. The Hall–Kier alpha value is -4.02. The quantitative estimate of drug-likeness (QED) is 0.162. The number of urea groups is 1. The summed E-state index contributed by atoms with van der Waals surface area (Å²) >= 11 is 0. The lowest BCUT2D eigenvalue weighted by Crippen LogP contribution is -2.61. The second-order valence-electron chi connectivity index (χ2n) is 16.2. The number of hydrogen-bond acceptors (Lipinski definition) is 6. The van der Waals surface area contributed by atoms with Gasteiger partial charge in [-0.3, -0.25) is 24.0 Å². The van der Waals surface area contributed by atoms with E-state index >= 15 is 0 Å². The third kappa shape index (κ3) is 7.77. The number of fused-ring (bicyclic) bond motifs is 2. The number of benzene rings is 1. The van der Waals surface area contributed by atoms with Crippen molar-refractivity contribution < 1.29 is 28.8 Å². The van der Waals surface area contributed by atoms with Crippen LogP contribution in [0.15, 0.2) is 36.9 Å². The van der Waals surface area contributed by atoms with E-state index in [1.807, 2.05) is 31.2 Å². The van der Waals surface area contributed by atoms with Gasteiger partial charge < -0.3 is 26.2 Å². The molecule has 0 radical (unpaired) electrons. The Labute approximate surface area is 301 Å². The summed E-state index contributed by atoms with van der Waals surface area (Å²) in [5.74, 6) is -2.44. The minimum absolute atomic E-state index is 0.00517. The summed E-state index contributed by atoms with van der Waals surface area (Å²) in [6, 6.07) is 4.10. The van der Waals surface area contributed by atoms with Crippen molar-refractivity contribution in [2.24, 2.45) is 35.0 Å². The van der Waals surface area contributed by atoms with E-state index in [4.69, 9.17) is 0 Å². The van der Waals surface area contributed by atoms with Crippen molar-refractivity contribution in [1.29, 1.82) is 0 Å². The van der Waals surface area contributed by atoms with Gasteiger partial charge in [0.05, 0.1) is 12.1 Å². The number of amides is 5. The van der Waals surface area contributed by atoms with Crippen LogP contribution >= 0.6 is 0 Å². The molecule has 11 nitrogen and oxygen atoms in total. The number of nitrogens with zero attached hydrogens (tertiary/aromatic N) is 1. The standard InChI is InChI=1S/C40H55N5O6/c1-5-12-29(35(47)37(49)41-19-6-2)42-36(48)33-30-28(40(30,3)4)22-45(33)38(50)32(27-20-25-15-10-11-16-26(25)21-27)44-39(51)43-31(34(46)24-17-18-24)23-13-8-7-9-14-23/h6,10-11,15-16,23-24,27-33H,2,5,7-9,12-14,17-22H2,1,3-4H3,(H,41,49)(H,42,48)(H2,43,44,51)/t28-,29?,30-,31-,32-,33-/m0/s1. The molecule has 1 unspecified atom stereocenters. The van der Waals surface area contributed by atoms with E-state index in [-0.39, 0.29) is 59.7 Å². The molecule has 0 aromatic heterocycles. The normalized spacial score (nSPS) is 25.4. The van der Waals surface area contributed by atoms with Crippen LogP contribution < -0.4 is 21.3 Å². The van der Waals surface area contributed by atoms with Crippen LogP contribution in [0.4, 0.5) is 4.79 Å². The molecule has 6 rings (SSSR count). The molecule has 4 aliphatic carbocycles. The van der Waals surface area contributed by atoms with Gasteiger partial charge in [0.1, 0.15) is 12.1 Å². The Bertz CT molecular complexity index is 1520. The van der Waals surface area contributed by atoms with Crippen LogP contribution in [0.5, 0.6) is 0 Å². The van der Waals surface area contributed by atoms with Gasteiger partial charge in [-0.15, -0.1) is 6.58 Å². The number of carbonyl (C=O) groups excluding carboxylic acids is 6. The van der Waals surface area contributed by atoms with Crippen LogP contribution in [0.25, 0.3) is 0 Å². The second kappa shape index (κ2) is 15.3. The molecule has 4 N–H and O–H groups in total. The maximum Gasteiger partial charge on any atom is 0.316 e. The second-order valence-corrected chi connectivity index (χ2v) is 16.2. The van der Waals surface area contributed by atoms with E-state index in [0.29, 0.717) is 25.8 Å². The third-order valence-corrected chi connectivity index (χ3v) is 12.4. The highest BCUT2D eigenvalue weighted by Crippen LogP contribution is 2.65. The number of carbonyl (C=O) groups is 6. The molecule has 1 aromatic carbocycles. The van der Waals surface area contributed by atoms with E-state index in [1.165, 1.54) is 6.08 Å². The summed E-state index contributed by atoms with van der Waals surface area (Å²) in [6.45, 7) is 10.1. The van der Waals surface area contributed by atoms with E-state index < -0.39 is 47.8 Å².